The Morgan fingerprint density at radius 3 is 2.66 bits per heavy atom. The highest BCUT2D eigenvalue weighted by Gasteiger charge is 2.26. The smallest absolute Gasteiger partial charge is 0.260 e. The Balaban J connectivity index is 1.19. The van der Waals surface area contributed by atoms with Gasteiger partial charge in [-0.1, -0.05) is 6.07 Å². The number of aryl methyl sites for hydroxylation is 1. The number of ether oxygens (including phenoxy) is 1. The fourth-order valence-electron chi connectivity index (χ4n) is 5.69. The number of hydrogen-bond donors (Lipinski definition) is 1. The highest BCUT2D eigenvalue weighted by molar-refractivity contribution is 6.06. The van der Waals surface area contributed by atoms with Gasteiger partial charge >= 0.3 is 0 Å². The number of nitrogens with one attached hydrogen (secondary N) is 1. The topological polar surface area (TPSA) is 105 Å². The lowest BCUT2D eigenvalue weighted by Crippen LogP contribution is -2.41. The minimum absolute atomic E-state index is 0.192. The third-order valence-electron chi connectivity index (χ3n) is 7.75. The number of pyridine rings is 1. The van der Waals surface area contributed by atoms with Crippen LogP contribution in [0, 0.1) is 0 Å². The van der Waals surface area contributed by atoms with E-state index in [2.05, 4.69) is 30.0 Å². The quantitative estimate of drug-likeness (QED) is 0.538. The second kappa shape index (κ2) is 10.5. The summed E-state index contributed by atoms with van der Waals surface area (Å²) in [5.74, 6) is 2.59. The van der Waals surface area contributed by atoms with Gasteiger partial charge in [-0.15, -0.1) is 10.2 Å². The summed E-state index contributed by atoms with van der Waals surface area (Å²) in [6.45, 7) is 4.45. The molecule has 2 amide bonds. The van der Waals surface area contributed by atoms with E-state index in [1.165, 1.54) is 0 Å². The molecule has 5 heterocycles. The standard InChI is InChI=1S/C28H33N7O3/c1-38-23-16-19-10-14-33(18-26(36)34-11-4-5-12-34)17-20(19)15-21(23)28(37)30-24-8-6-7-22(29-24)27-32-31-25-9-2-3-13-35(25)27/h6-8,15-16H,2-5,9-14,17-18H2,1H3,(H,29,30,37). The van der Waals surface area contributed by atoms with Crippen LogP contribution in [0.2, 0.25) is 0 Å². The molecule has 1 aromatic carbocycles. The number of likely N-dealkylation sites (tertiary alicyclic amines) is 1. The minimum Gasteiger partial charge on any atom is -0.496 e. The Morgan fingerprint density at radius 1 is 0.974 bits per heavy atom. The molecule has 38 heavy (non-hydrogen) atoms. The number of methoxy groups -OCH3 is 1. The Kier molecular flexibility index (Phi) is 6.80. The maximum atomic E-state index is 13.4. The zero-order valence-corrected chi connectivity index (χ0v) is 21.8. The lowest BCUT2D eigenvalue weighted by atomic mass is 9.96. The lowest BCUT2D eigenvalue weighted by Gasteiger charge is -2.30. The van der Waals surface area contributed by atoms with Gasteiger partial charge in [0, 0.05) is 39.1 Å². The second-order valence-electron chi connectivity index (χ2n) is 10.3. The van der Waals surface area contributed by atoms with Crippen molar-refractivity contribution in [2.24, 2.45) is 0 Å². The number of amides is 2. The molecule has 3 aliphatic rings. The van der Waals surface area contributed by atoms with E-state index in [9.17, 15) is 9.59 Å². The number of anilines is 1. The predicted molar refractivity (Wildman–Crippen MR) is 142 cm³/mol. The van der Waals surface area contributed by atoms with Crippen LogP contribution in [0.5, 0.6) is 5.75 Å². The van der Waals surface area contributed by atoms with Crippen LogP contribution in [0.4, 0.5) is 5.82 Å². The van der Waals surface area contributed by atoms with Crippen molar-refractivity contribution >= 4 is 17.6 Å². The van der Waals surface area contributed by atoms with Crippen molar-refractivity contribution in [2.75, 3.05) is 38.6 Å². The Morgan fingerprint density at radius 2 is 1.82 bits per heavy atom. The molecule has 10 heteroatoms. The minimum atomic E-state index is -0.289. The molecule has 1 fully saturated rings. The zero-order chi connectivity index (χ0) is 26.1. The largest absolute Gasteiger partial charge is 0.496 e. The molecule has 0 radical (unpaired) electrons. The summed E-state index contributed by atoms with van der Waals surface area (Å²) in [5.41, 5.74) is 3.33. The summed E-state index contributed by atoms with van der Waals surface area (Å²) in [5, 5.41) is 11.6. The van der Waals surface area contributed by atoms with Crippen molar-refractivity contribution in [3.05, 3.63) is 52.8 Å². The highest BCUT2D eigenvalue weighted by atomic mass is 16.5. The Hall–Kier alpha value is -3.79. The fraction of sp³-hybridized carbons (Fsp3) is 0.464. The molecule has 3 aliphatic heterocycles. The van der Waals surface area contributed by atoms with Crippen molar-refractivity contribution in [2.45, 2.75) is 51.6 Å². The van der Waals surface area contributed by atoms with Crippen LogP contribution in [0.1, 0.15) is 53.0 Å². The zero-order valence-electron chi connectivity index (χ0n) is 21.8. The van der Waals surface area contributed by atoms with Crippen LogP contribution >= 0.6 is 0 Å². The average Bonchev–Trinajstić information content (AvgIpc) is 3.63. The number of benzene rings is 1. The summed E-state index contributed by atoms with van der Waals surface area (Å²) in [4.78, 5) is 34.9. The van der Waals surface area contributed by atoms with Crippen LogP contribution in [-0.4, -0.2) is 74.7 Å². The maximum Gasteiger partial charge on any atom is 0.260 e. The van der Waals surface area contributed by atoms with Gasteiger partial charge in [0.25, 0.3) is 5.91 Å². The number of nitrogens with zero attached hydrogens (tertiary/aromatic N) is 6. The summed E-state index contributed by atoms with van der Waals surface area (Å²) in [6.07, 6.45) is 6.13. The molecule has 0 bridgehead atoms. The molecule has 0 spiro atoms. The van der Waals surface area contributed by atoms with Crippen molar-refractivity contribution in [1.82, 2.24) is 29.5 Å². The maximum absolute atomic E-state index is 13.4. The third kappa shape index (κ3) is 4.88. The first-order valence-electron chi connectivity index (χ1n) is 13.5. The molecule has 1 N–H and O–H groups in total. The van der Waals surface area contributed by atoms with Gasteiger partial charge in [-0.05, 0) is 67.5 Å². The molecular weight excluding hydrogens is 482 g/mol. The van der Waals surface area contributed by atoms with Gasteiger partial charge in [0.15, 0.2) is 5.82 Å². The molecule has 0 saturated carbocycles. The van der Waals surface area contributed by atoms with Gasteiger partial charge in [0.2, 0.25) is 5.91 Å². The summed E-state index contributed by atoms with van der Waals surface area (Å²) < 4.78 is 7.71. The third-order valence-corrected chi connectivity index (χ3v) is 7.75. The number of aromatic nitrogens is 4. The SMILES string of the molecule is COc1cc2c(cc1C(=O)Nc1cccc(-c3nnc4n3CCCC4)n1)CN(CC(=O)N1CCCC1)CC2. The number of carbonyl (C=O) groups is 2. The van der Waals surface area contributed by atoms with Crippen molar-refractivity contribution in [1.29, 1.82) is 0 Å². The fourth-order valence-corrected chi connectivity index (χ4v) is 5.69. The van der Waals surface area contributed by atoms with E-state index in [0.29, 0.717) is 35.9 Å². The van der Waals surface area contributed by atoms with E-state index >= 15 is 0 Å². The van der Waals surface area contributed by atoms with Crippen LogP contribution in [0.15, 0.2) is 30.3 Å². The molecule has 198 valence electrons. The number of carbonyl (C=O) groups excluding carboxylic acids is 2. The number of rotatable bonds is 6. The van der Waals surface area contributed by atoms with Gasteiger partial charge in [-0.25, -0.2) is 4.98 Å². The molecule has 10 nitrogen and oxygen atoms in total. The Labute approximate surface area is 222 Å². The molecule has 0 aliphatic carbocycles. The number of hydrogen-bond acceptors (Lipinski definition) is 7. The van der Waals surface area contributed by atoms with E-state index in [4.69, 9.17) is 4.74 Å². The Bertz CT molecular complexity index is 1360. The predicted octanol–water partition coefficient (Wildman–Crippen LogP) is 2.92. The summed E-state index contributed by atoms with van der Waals surface area (Å²) in [6, 6.07) is 9.37. The average molecular weight is 516 g/mol. The molecule has 3 aromatic rings. The van der Waals surface area contributed by atoms with Crippen LogP contribution in [0.3, 0.4) is 0 Å². The first kappa shape index (κ1) is 24.5. The van der Waals surface area contributed by atoms with Crippen molar-refractivity contribution < 1.29 is 14.3 Å². The lowest BCUT2D eigenvalue weighted by molar-refractivity contribution is -0.131. The normalized spacial score (nSPS) is 17.1. The summed E-state index contributed by atoms with van der Waals surface area (Å²) in [7, 11) is 1.58. The molecule has 6 rings (SSSR count). The molecule has 2 aromatic heterocycles. The van der Waals surface area contributed by atoms with Crippen molar-refractivity contribution in [3.8, 4) is 17.3 Å². The summed E-state index contributed by atoms with van der Waals surface area (Å²) >= 11 is 0. The van der Waals surface area contributed by atoms with Gasteiger partial charge < -0.3 is 19.5 Å². The molecule has 0 unspecified atom stereocenters. The first-order chi connectivity index (χ1) is 18.6. The molecule has 0 atom stereocenters. The van der Waals surface area contributed by atoms with Gasteiger partial charge in [0.1, 0.15) is 23.1 Å². The first-order valence-corrected chi connectivity index (χ1v) is 13.5. The van der Waals surface area contributed by atoms with E-state index in [1.54, 1.807) is 13.2 Å². The van der Waals surface area contributed by atoms with Crippen molar-refractivity contribution in [3.63, 3.8) is 0 Å². The van der Waals surface area contributed by atoms with Gasteiger partial charge in [-0.2, -0.15) is 0 Å². The van der Waals surface area contributed by atoms with Crippen LogP contribution < -0.4 is 10.1 Å². The molecule has 1 saturated heterocycles. The van der Waals surface area contributed by atoms with E-state index in [-0.39, 0.29) is 11.8 Å². The molecular formula is C28H33N7O3. The van der Waals surface area contributed by atoms with Gasteiger partial charge in [-0.3, -0.25) is 14.5 Å². The van der Waals surface area contributed by atoms with Crippen LogP contribution in [-0.2, 0) is 30.7 Å². The van der Waals surface area contributed by atoms with Crippen LogP contribution in [0.25, 0.3) is 11.5 Å². The second-order valence-corrected chi connectivity index (χ2v) is 10.3. The monoisotopic (exact) mass is 515 g/mol. The van der Waals surface area contributed by atoms with E-state index < -0.39 is 0 Å². The number of fused-ring (bicyclic) bond motifs is 2. The highest BCUT2D eigenvalue weighted by Crippen LogP contribution is 2.29. The van der Waals surface area contributed by atoms with Gasteiger partial charge in [0.05, 0.1) is 19.2 Å². The van der Waals surface area contributed by atoms with E-state index in [0.717, 1.165) is 87.5 Å². The van der Waals surface area contributed by atoms with E-state index in [1.807, 2.05) is 29.2 Å².